The van der Waals surface area contributed by atoms with Crippen LogP contribution in [-0.4, -0.2) is 49.9 Å². The summed E-state index contributed by atoms with van der Waals surface area (Å²) < 4.78 is 32.8. The third kappa shape index (κ3) is 8.15. The highest BCUT2D eigenvalue weighted by molar-refractivity contribution is 7.89. The highest BCUT2D eigenvalue weighted by atomic mass is 35.5. The lowest BCUT2D eigenvalue weighted by Gasteiger charge is -2.30. The minimum atomic E-state index is -3.84. The number of hydrogen-bond donors (Lipinski definition) is 2. The molecule has 0 atom stereocenters. The smallest absolute Gasteiger partial charge is 0.262 e. The third-order valence-corrected chi connectivity index (χ3v) is 9.65. The first kappa shape index (κ1) is 32.1. The summed E-state index contributed by atoms with van der Waals surface area (Å²) in [5, 5.41) is 8.06. The van der Waals surface area contributed by atoms with E-state index in [4.69, 9.17) is 51.1 Å². The predicted octanol–water partition coefficient (Wildman–Crippen LogP) is 6.26. The molecule has 14 heteroatoms. The van der Waals surface area contributed by atoms with Gasteiger partial charge in [0, 0.05) is 34.7 Å². The quantitative estimate of drug-likeness (QED) is 0.206. The second-order valence-electron chi connectivity index (χ2n) is 9.42. The maximum atomic E-state index is 13.0. The Morgan fingerprint density at radius 2 is 1.57 bits per heavy atom. The number of benzene rings is 3. The fraction of sp³-hybridized carbons (Fsp3) is 0.250. The van der Waals surface area contributed by atoms with Gasteiger partial charge in [0.1, 0.15) is 10.6 Å². The van der Waals surface area contributed by atoms with E-state index in [2.05, 4.69) is 15.8 Å². The minimum Gasteiger partial charge on any atom is -0.482 e. The predicted molar refractivity (Wildman–Crippen MR) is 165 cm³/mol. The number of anilines is 1. The highest BCUT2D eigenvalue weighted by Crippen LogP contribution is 2.30. The first-order valence-electron chi connectivity index (χ1n) is 12.7. The molecule has 0 radical (unpaired) electrons. The van der Waals surface area contributed by atoms with Gasteiger partial charge >= 0.3 is 0 Å². The van der Waals surface area contributed by atoms with Gasteiger partial charge in [-0.25, -0.2) is 13.8 Å². The molecule has 2 N–H and O–H groups in total. The summed E-state index contributed by atoms with van der Waals surface area (Å²) in [5.41, 5.74) is 4.41. The molecule has 0 saturated carbocycles. The van der Waals surface area contributed by atoms with Crippen LogP contribution in [0, 0.1) is 5.92 Å². The number of sulfonamides is 1. The van der Waals surface area contributed by atoms with Crippen LogP contribution >= 0.6 is 46.4 Å². The van der Waals surface area contributed by atoms with Crippen LogP contribution in [0.15, 0.2) is 70.7 Å². The normalized spacial score (nSPS) is 14.8. The Labute approximate surface area is 263 Å². The SMILES string of the molecule is C/C(=N\NC(=O)C1CCN(S(=O)(=O)c2cc(Cl)ccc2Cl)CC1)c1ccc(NC(=O)COc2ccc(Cl)cc2Cl)cc1. The van der Waals surface area contributed by atoms with E-state index in [1.54, 1.807) is 43.3 Å². The first-order valence-corrected chi connectivity index (χ1v) is 15.7. The summed E-state index contributed by atoms with van der Waals surface area (Å²) in [6, 6.07) is 15.9. The van der Waals surface area contributed by atoms with E-state index in [-0.39, 0.29) is 46.5 Å². The van der Waals surface area contributed by atoms with Crippen molar-refractivity contribution in [3.63, 3.8) is 0 Å². The Balaban J connectivity index is 1.26. The Morgan fingerprint density at radius 1 is 0.929 bits per heavy atom. The zero-order valence-electron chi connectivity index (χ0n) is 22.2. The van der Waals surface area contributed by atoms with E-state index in [9.17, 15) is 18.0 Å². The van der Waals surface area contributed by atoms with E-state index in [0.717, 1.165) is 5.56 Å². The molecular weight excluding hydrogens is 646 g/mol. The molecule has 4 rings (SSSR count). The van der Waals surface area contributed by atoms with E-state index < -0.39 is 15.9 Å². The molecule has 42 heavy (non-hydrogen) atoms. The van der Waals surface area contributed by atoms with Gasteiger partial charge < -0.3 is 10.1 Å². The largest absolute Gasteiger partial charge is 0.482 e. The number of ether oxygens (including phenoxy) is 1. The highest BCUT2D eigenvalue weighted by Gasteiger charge is 2.33. The fourth-order valence-electron chi connectivity index (χ4n) is 4.19. The monoisotopic (exact) mass is 670 g/mol. The summed E-state index contributed by atoms with van der Waals surface area (Å²) in [7, 11) is -3.84. The summed E-state index contributed by atoms with van der Waals surface area (Å²) in [6.07, 6.45) is 0.667. The molecule has 1 saturated heterocycles. The standard InChI is InChI=1S/C28H26Cl4N4O5S/c1-17(18-2-6-22(7-3-18)33-27(37)16-41-25-9-5-20(29)14-24(25)32)34-35-28(38)19-10-12-36(13-11-19)42(39,40)26-15-21(30)4-8-23(26)31/h2-9,14-15,19H,10-13,16H2,1H3,(H,33,37)(H,35,38)/b34-17+. The molecule has 0 bridgehead atoms. The number of carbonyl (C=O) groups is 2. The minimum absolute atomic E-state index is 0.0541. The number of nitrogens with one attached hydrogen (secondary N) is 2. The molecule has 0 spiro atoms. The number of nitrogens with zero attached hydrogens (tertiary/aromatic N) is 2. The molecule has 9 nitrogen and oxygen atoms in total. The van der Waals surface area contributed by atoms with Gasteiger partial charge in [0.2, 0.25) is 15.9 Å². The van der Waals surface area contributed by atoms with Crippen LogP contribution in [0.25, 0.3) is 0 Å². The molecule has 0 aliphatic carbocycles. The van der Waals surface area contributed by atoms with Gasteiger partial charge in [-0.1, -0.05) is 58.5 Å². The van der Waals surface area contributed by atoms with E-state index in [0.29, 0.717) is 40.0 Å². The van der Waals surface area contributed by atoms with Crippen molar-refractivity contribution in [3.05, 3.63) is 86.3 Å². The summed E-state index contributed by atoms with van der Waals surface area (Å²) >= 11 is 24.0. The van der Waals surface area contributed by atoms with Crippen LogP contribution in [0.4, 0.5) is 5.69 Å². The molecule has 1 fully saturated rings. The van der Waals surface area contributed by atoms with Crippen molar-refractivity contribution >= 4 is 79.6 Å². The van der Waals surface area contributed by atoms with Crippen LogP contribution in [0.3, 0.4) is 0 Å². The molecule has 1 aliphatic heterocycles. The molecule has 1 aliphatic rings. The molecule has 1 heterocycles. The number of amides is 2. The molecule has 3 aromatic carbocycles. The maximum absolute atomic E-state index is 13.0. The summed E-state index contributed by atoms with van der Waals surface area (Å²) in [5.74, 6) is -0.721. The number of hydrazone groups is 1. The van der Waals surface area contributed by atoms with E-state index in [1.165, 1.54) is 28.6 Å². The van der Waals surface area contributed by atoms with Crippen molar-refractivity contribution in [1.82, 2.24) is 9.73 Å². The van der Waals surface area contributed by atoms with Crippen molar-refractivity contribution in [2.75, 3.05) is 25.0 Å². The number of halogens is 4. The van der Waals surface area contributed by atoms with Crippen molar-refractivity contribution < 1.29 is 22.7 Å². The molecule has 0 unspecified atom stereocenters. The van der Waals surface area contributed by atoms with Gasteiger partial charge in [-0.15, -0.1) is 0 Å². The maximum Gasteiger partial charge on any atom is 0.262 e. The lowest BCUT2D eigenvalue weighted by molar-refractivity contribution is -0.126. The fourth-order valence-corrected chi connectivity index (χ4v) is 6.86. The van der Waals surface area contributed by atoms with E-state index >= 15 is 0 Å². The van der Waals surface area contributed by atoms with Crippen LogP contribution in [0.5, 0.6) is 5.75 Å². The Kier molecular flexibility index (Phi) is 10.7. The molecule has 0 aromatic heterocycles. The van der Waals surface area contributed by atoms with Crippen molar-refractivity contribution in [2.24, 2.45) is 11.0 Å². The summed E-state index contributed by atoms with van der Waals surface area (Å²) in [6.45, 7) is 1.82. The van der Waals surface area contributed by atoms with Crippen LogP contribution in [0.2, 0.25) is 20.1 Å². The molecule has 222 valence electrons. The Hall–Kier alpha value is -2.86. The van der Waals surface area contributed by atoms with Crippen molar-refractivity contribution in [1.29, 1.82) is 0 Å². The molecule has 2 amide bonds. The zero-order chi connectivity index (χ0) is 30.4. The van der Waals surface area contributed by atoms with Crippen molar-refractivity contribution in [3.8, 4) is 5.75 Å². The topological polar surface area (TPSA) is 117 Å². The Morgan fingerprint density at radius 3 is 2.24 bits per heavy atom. The second kappa shape index (κ2) is 14.1. The second-order valence-corrected chi connectivity index (χ2v) is 13.0. The van der Waals surface area contributed by atoms with Crippen LogP contribution in [-0.2, 0) is 19.6 Å². The number of rotatable bonds is 9. The number of piperidine rings is 1. The average Bonchev–Trinajstić information content (AvgIpc) is 2.97. The van der Waals surface area contributed by atoms with Gasteiger partial charge in [-0.2, -0.15) is 9.41 Å². The number of hydrogen-bond acceptors (Lipinski definition) is 6. The molecule has 3 aromatic rings. The van der Waals surface area contributed by atoms with Crippen LogP contribution in [0.1, 0.15) is 25.3 Å². The lowest BCUT2D eigenvalue weighted by Crippen LogP contribution is -2.42. The third-order valence-electron chi connectivity index (χ3n) is 6.51. The van der Waals surface area contributed by atoms with Crippen LogP contribution < -0.4 is 15.5 Å². The first-order chi connectivity index (χ1) is 19.9. The lowest BCUT2D eigenvalue weighted by atomic mass is 9.98. The molecular formula is C28H26Cl4N4O5S. The van der Waals surface area contributed by atoms with Gasteiger partial charge in [0.25, 0.3) is 5.91 Å². The van der Waals surface area contributed by atoms with Gasteiger partial charge in [0.15, 0.2) is 6.61 Å². The van der Waals surface area contributed by atoms with E-state index in [1.807, 2.05) is 0 Å². The zero-order valence-corrected chi connectivity index (χ0v) is 26.1. The van der Waals surface area contributed by atoms with Gasteiger partial charge in [-0.3, -0.25) is 9.59 Å². The average molecular weight is 672 g/mol. The van der Waals surface area contributed by atoms with Gasteiger partial charge in [-0.05, 0) is 73.9 Å². The number of carbonyl (C=O) groups excluding carboxylic acids is 2. The van der Waals surface area contributed by atoms with Gasteiger partial charge in [0.05, 0.1) is 15.8 Å². The van der Waals surface area contributed by atoms with Crippen molar-refractivity contribution in [2.45, 2.75) is 24.7 Å². The summed E-state index contributed by atoms with van der Waals surface area (Å²) in [4.78, 5) is 24.9. The Bertz CT molecular complexity index is 1610.